The molecule has 3 rings (SSSR count). The molecule has 0 bridgehead atoms. The third kappa shape index (κ3) is 1.87. The SMILES string of the molecule is COc1ccc(-c2c(C=O)[nH]c3ccncc23)cc1. The van der Waals surface area contributed by atoms with Crippen LogP contribution in [0.15, 0.2) is 42.7 Å². The summed E-state index contributed by atoms with van der Waals surface area (Å²) in [5, 5.41) is 0.940. The van der Waals surface area contributed by atoms with E-state index in [2.05, 4.69) is 9.97 Å². The molecule has 0 aliphatic carbocycles. The van der Waals surface area contributed by atoms with E-state index in [-0.39, 0.29) is 0 Å². The Hall–Kier alpha value is -2.62. The van der Waals surface area contributed by atoms with Crippen LogP contribution in [0.1, 0.15) is 10.5 Å². The highest BCUT2D eigenvalue weighted by molar-refractivity contribution is 6.03. The number of ether oxygens (including phenoxy) is 1. The van der Waals surface area contributed by atoms with Crippen LogP contribution in [0.5, 0.6) is 5.75 Å². The van der Waals surface area contributed by atoms with Gasteiger partial charge < -0.3 is 9.72 Å². The molecule has 0 amide bonds. The summed E-state index contributed by atoms with van der Waals surface area (Å²) in [7, 11) is 1.63. The molecular formula is C15H12N2O2. The van der Waals surface area contributed by atoms with Crippen LogP contribution in [-0.2, 0) is 0 Å². The van der Waals surface area contributed by atoms with E-state index < -0.39 is 0 Å². The minimum absolute atomic E-state index is 0.563. The van der Waals surface area contributed by atoms with Crippen molar-refractivity contribution in [2.24, 2.45) is 0 Å². The Bertz CT molecular complexity index is 729. The largest absolute Gasteiger partial charge is 0.497 e. The van der Waals surface area contributed by atoms with E-state index in [9.17, 15) is 4.79 Å². The molecule has 4 heteroatoms. The first-order valence-electron chi connectivity index (χ1n) is 5.89. The summed E-state index contributed by atoms with van der Waals surface area (Å²) in [5.74, 6) is 0.786. The predicted molar refractivity (Wildman–Crippen MR) is 73.5 cm³/mol. The first-order chi connectivity index (χ1) is 9.33. The lowest BCUT2D eigenvalue weighted by Crippen LogP contribution is -1.86. The highest BCUT2D eigenvalue weighted by atomic mass is 16.5. The summed E-state index contributed by atoms with van der Waals surface area (Å²) < 4.78 is 5.14. The Labute approximate surface area is 110 Å². The molecule has 0 aliphatic rings. The molecule has 3 aromatic rings. The van der Waals surface area contributed by atoms with Gasteiger partial charge in [-0.2, -0.15) is 0 Å². The van der Waals surface area contributed by atoms with Crippen molar-refractivity contribution in [3.05, 3.63) is 48.4 Å². The van der Waals surface area contributed by atoms with E-state index in [0.29, 0.717) is 5.69 Å². The number of carbonyl (C=O) groups is 1. The van der Waals surface area contributed by atoms with Crippen molar-refractivity contribution in [2.45, 2.75) is 0 Å². The van der Waals surface area contributed by atoms with Gasteiger partial charge in [0.05, 0.1) is 12.8 Å². The molecule has 4 nitrogen and oxygen atoms in total. The topological polar surface area (TPSA) is 55.0 Å². The first-order valence-corrected chi connectivity index (χ1v) is 5.89. The zero-order valence-corrected chi connectivity index (χ0v) is 10.4. The molecule has 19 heavy (non-hydrogen) atoms. The van der Waals surface area contributed by atoms with Gasteiger partial charge in [-0.25, -0.2) is 0 Å². The fourth-order valence-corrected chi connectivity index (χ4v) is 2.21. The van der Waals surface area contributed by atoms with Crippen molar-refractivity contribution in [2.75, 3.05) is 7.11 Å². The van der Waals surface area contributed by atoms with Gasteiger partial charge in [0.1, 0.15) is 5.75 Å². The van der Waals surface area contributed by atoms with Gasteiger partial charge in [0.25, 0.3) is 0 Å². The summed E-state index contributed by atoms with van der Waals surface area (Å²) in [6.07, 6.45) is 4.29. The van der Waals surface area contributed by atoms with Crippen LogP contribution in [-0.4, -0.2) is 23.4 Å². The Morgan fingerprint density at radius 2 is 2.00 bits per heavy atom. The third-order valence-electron chi connectivity index (χ3n) is 3.13. The molecule has 0 saturated carbocycles. The number of benzene rings is 1. The molecule has 2 heterocycles. The second-order valence-corrected chi connectivity index (χ2v) is 4.18. The number of aldehydes is 1. The number of fused-ring (bicyclic) bond motifs is 1. The average Bonchev–Trinajstić information content (AvgIpc) is 2.86. The number of aromatic amines is 1. The number of hydrogen-bond acceptors (Lipinski definition) is 3. The molecule has 0 atom stereocenters. The Balaban J connectivity index is 2.24. The summed E-state index contributed by atoms with van der Waals surface area (Å²) in [6, 6.07) is 9.47. The van der Waals surface area contributed by atoms with Crippen LogP contribution in [0.2, 0.25) is 0 Å². The van der Waals surface area contributed by atoms with E-state index in [1.807, 2.05) is 30.3 Å². The van der Waals surface area contributed by atoms with Gasteiger partial charge in [-0.05, 0) is 23.8 Å². The molecule has 0 fully saturated rings. The van der Waals surface area contributed by atoms with E-state index in [1.54, 1.807) is 19.5 Å². The average molecular weight is 252 g/mol. The minimum Gasteiger partial charge on any atom is -0.497 e. The fourth-order valence-electron chi connectivity index (χ4n) is 2.21. The van der Waals surface area contributed by atoms with Gasteiger partial charge >= 0.3 is 0 Å². The second kappa shape index (κ2) is 4.57. The van der Waals surface area contributed by atoms with Gasteiger partial charge in [-0.1, -0.05) is 12.1 Å². The van der Waals surface area contributed by atoms with Crippen molar-refractivity contribution in [1.82, 2.24) is 9.97 Å². The monoisotopic (exact) mass is 252 g/mol. The molecule has 0 spiro atoms. The Morgan fingerprint density at radius 1 is 1.21 bits per heavy atom. The number of methoxy groups -OCH3 is 1. The number of carbonyl (C=O) groups excluding carboxylic acids is 1. The lowest BCUT2D eigenvalue weighted by atomic mass is 10.0. The van der Waals surface area contributed by atoms with Gasteiger partial charge in [-0.15, -0.1) is 0 Å². The molecule has 1 N–H and O–H groups in total. The van der Waals surface area contributed by atoms with Crippen LogP contribution in [0.4, 0.5) is 0 Å². The summed E-state index contributed by atoms with van der Waals surface area (Å²) in [5.41, 5.74) is 3.30. The zero-order chi connectivity index (χ0) is 13.2. The molecule has 94 valence electrons. The molecule has 1 aromatic carbocycles. The molecule has 2 aromatic heterocycles. The van der Waals surface area contributed by atoms with Crippen LogP contribution in [0.3, 0.4) is 0 Å². The molecule has 0 aliphatic heterocycles. The number of nitrogens with one attached hydrogen (secondary N) is 1. The van der Waals surface area contributed by atoms with Crippen LogP contribution in [0.25, 0.3) is 22.0 Å². The quantitative estimate of drug-likeness (QED) is 0.729. The fraction of sp³-hybridized carbons (Fsp3) is 0.0667. The highest BCUT2D eigenvalue weighted by Crippen LogP contribution is 2.32. The van der Waals surface area contributed by atoms with E-state index in [1.165, 1.54) is 0 Å². The number of hydrogen-bond donors (Lipinski definition) is 1. The standard InChI is InChI=1S/C15H12N2O2/c1-19-11-4-2-10(3-5-11)15-12-8-16-7-6-13(12)17-14(15)9-18/h2-9,17H,1H3. The maximum Gasteiger partial charge on any atom is 0.166 e. The normalized spacial score (nSPS) is 10.6. The maximum absolute atomic E-state index is 11.2. The lowest BCUT2D eigenvalue weighted by Gasteiger charge is -2.03. The van der Waals surface area contributed by atoms with E-state index in [0.717, 1.165) is 34.1 Å². The number of pyridine rings is 1. The first kappa shape index (κ1) is 11.5. The summed E-state index contributed by atoms with van der Waals surface area (Å²) >= 11 is 0. The number of H-pyrrole nitrogens is 1. The Morgan fingerprint density at radius 3 is 2.68 bits per heavy atom. The summed E-state index contributed by atoms with van der Waals surface area (Å²) in [6.45, 7) is 0. The number of aromatic nitrogens is 2. The van der Waals surface area contributed by atoms with Crippen LogP contribution < -0.4 is 4.74 Å². The van der Waals surface area contributed by atoms with E-state index >= 15 is 0 Å². The van der Waals surface area contributed by atoms with Gasteiger partial charge in [0.15, 0.2) is 6.29 Å². The maximum atomic E-state index is 11.2. The second-order valence-electron chi connectivity index (χ2n) is 4.18. The predicted octanol–water partition coefficient (Wildman–Crippen LogP) is 3.05. The summed E-state index contributed by atoms with van der Waals surface area (Å²) in [4.78, 5) is 18.4. The highest BCUT2D eigenvalue weighted by Gasteiger charge is 2.12. The van der Waals surface area contributed by atoms with Crippen molar-refractivity contribution in [3.8, 4) is 16.9 Å². The van der Waals surface area contributed by atoms with Crippen molar-refractivity contribution >= 4 is 17.2 Å². The van der Waals surface area contributed by atoms with Gasteiger partial charge in [0.2, 0.25) is 0 Å². The molecular weight excluding hydrogens is 240 g/mol. The van der Waals surface area contributed by atoms with Gasteiger partial charge in [-0.3, -0.25) is 9.78 Å². The molecule has 0 saturated heterocycles. The van der Waals surface area contributed by atoms with E-state index in [4.69, 9.17) is 4.74 Å². The number of rotatable bonds is 3. The third-order valence-corrected chi connectivity index (χ3v) is 3.13. The van der Waals surface area contributed by atoms with Crippen molar-refractivity contribution in [1.29, 1.82) is 0 Å². The van der Waals surface area contributed by atoms with Crippen LogP contribution in [0, 0.1) is 0 Å². The lowest BCUT2D eigenvalue weighted by molar-refractivity contribution is 0.112. The smallest absolute Gasteiger partial charge is 0.166 e. The molecule has 0 radical (unpaired) electrons. The zero-order valence-electron chi connectivity index (χ0n) is 10.4. The van der Waals surface area contributed by atoms with Crippen LogP contribution >= 0.6 is 0 Å². The van der Waals surface area contributed by atoms with Crippen molar-refractivity contribution in [3.63, 3.8) is 0 Å². The minimum atomic E-state index is 0.563. The van der Waals surface area contributed by atoms with Crippen molar-refractivity contribution < 1.29 is 9.53 Å². The molecule has 0 unspecified atom stereocenters. The van der Waals surface area contributed by atoms with Gasteiger partial charge in [0, 0.05) is 28.9 Å². The Kier molecular flexibility index (Phi) is 2.76. The number of nitrogens with zero attached hydrogens (tertiary/aromatic N) is 1.